The van der Waals surface area contributed by atoms with Crippen molar-refractivity contribution in [3.8, 4) is 0 Å². The fourth-order valence-electron chi connectivity index (χ4n) is 1.45. The summed E-state index contributed by atoms with van der Waals surface area (Å²) in [5.74, 6) is -3.01. The molecule has 0 heterocycles. The van der Waals surface area contributed by atoms with E-state index in [0.717, 1.165) is 20.3 Å². The number of esters is 2. The van der Waals surface area contributed by atoms with E-state index in [1.54, 1.807) is 0 Å². The van der Waals surface area contributed by atoms with Crippen molar-refractivity contribution in [2.45, 2.75) is 0 Å². The minimum Gasteiger partial charge on any atom is -0.478 e. The summed E-state index contributed by atoms with van der Waals surface area (Å²) < 4.78 is 9.28. The van der Waals surface area contributed by atoms with Gasteiger partial charge in [0.25, 0.3) is 0 Å². The van der Waals surface area contributed by atoms with Gasteiger partial charge in [-0.1, -0.05) is 11.6 Å². The van der Waals surface area contributed by atoms with Crippen LogP contribution in [0.25, 0.3) is 0 Å². The number of hydrogen-bond acceptors (Lipinski definition) is 6. The van der Waals surface area contributed by atoms with Crippen LogP contribution in [0.3, 0.4) is 0 Å². The molecule has 0 aliphatic carbocycles. The molecule has 0 saturated carbocycles. The van der Waals surface area contributed by atoms with Crippen molar-refractivity contribution in [2.75, 3.05) is 19.5 Å². The quantitative estimate of drug-likeness (QED) is 0.586. The minimum atomic E-state index is -1.31. The second kappa shape index (κ2) is 7.81. The molecule has 0 saturated heterocycles. The van der Waals surface area contributed by atoms with E-state index in [9.17, 15) is 19.5 Å². The highest BCUT2D eigenvalue weighted by molar-refractivity contribution is 9.10. The fourth-order valence-corrected chi connectivity index (χ4v) is 2.12. The van der Waals surface area contributed by atoms with Crippen LogP contribution in [0.4, 0.5) is 5.69 Å². The van der Waals surface area contributed by atoms with Gasteiger partial charge in [0.2, 0.25) is 0 Å². The van der Waals surface area contributed by atoms with E-state index < -0.39 is 17.9 Å². The van der Waals surface area contributed by atoms with Gasteiger partial charge in [0.05, 0.1) is 31.0 Å². The third kappa shape index (κ3) is 4.22. The summed E-state index contributed by atoms with van der Waals surface area (Å²) in [5, 5.41) is 11.7. The molecule has 0 spiro atoms. The van der Waals surface area contributed by atoms with Gasteiger partial charge < -0.3 is 19.9 Å². The summed E-state index contributed by atoms with van der Waals surface area (Å²) >= 11 is 9.01. The van der Waals surface area contributed by atoms with E-state index in [4.69, 9.17) is 11.6 Å². The first kappa shape index (κ1) is 18.0. The molecule has 22 heavy (non-hydrogen) atoms. The third-order valence-electron chi connectivity index (χ3n) is 2.45. The molecule has 0 fully saturated rings. The number of halogens is 2. The number of carbonyl (C=O) groups excluding carboxylic acids is 2. The Kier molecular flexibility index (Phi) is 6.39. The van der Waals surface area contributed by atoms with E-state index in [2.05, 4.69) is 30.7 Å². The van der Waals surface area contributed by atoms with E-state index >= 15 is 0 Å². The number of carboxylic acid groups (broad SMARTS) is 1. The van der Waals surface area contributed by atoms with Crippen molar-refractivity contribution in [1.82, 2.24) is 0 Å². The molecule has 1 rings (SSSR count). The van der Waals surface area contributed by atoms with Crippen LogP contribution in [0.2, 0.25) is 5.02 Å². The number of carbonyl (C=O) groups is 3. The van der Waals surface area contributed by atoms with E-state index in [-0.39, 0.29) is 22.0 Å². The number of nitrogens with one attached hydrogen (secondary N) is 1. The summed E-state index contributed by atoms with van der Waals surface area (Å²) in [6, 6.07) is 2.87. The number of hydrogen-bond donors (Lipinski definition) is 2. The van der Waals surface area contributed by atoms with Crippen molar-refractivity contribution in [3.63, 3.8) is 0 Å². The zero-order valence-electron chi connectivity index (χ0n) is 11.5. The van der Waals surface area contributed by atoms with Crippen LogP contribution < -0.4 is 5.32 Å². The molecule has 1 aromatic carbocycles. The molecule has 0 aliphatic rings. The number of benzene rings is 1. The second-order valence-electron chi connectivity index (χ2n) is 3.78. The lowest BCUT2D eigenvalue weighted by Gasteiger charge is -2.14. The Balaban J connectivity index is 3.39. The van der Waals surface area contributed by atoms with Gasteiger partial charge in [-0.15, -0.1) is 0 Å². The average molecular weight is 393 g/mol. The largest absolute Gasteiger partial charge is 0.478 e. The lowest BCUT2D eigenvalue weighted by atomic mass is 10.1. The summed E-state index contributed by atoms with van der Waals surface area (Å²) in [5.41, 5.74) is -0.573. The van der Waals surface area contributed by atoms with E-state index in [1.165, 1.54) is 12.1 Å². The van der Waals surface area contributed by atoms with Gasteiger partial charge in [0.15, 0.2) is 0 Å². The standard InChI is InChI=1S/C13H11BrClNO6/c1-21-9(17)5-8(13(20)22-2)16-11-6(14)3-4-7(15)10(11)12(18)19/h3-5,16H,1-2H3,(H,18,19)/b8-5+. The van der Waals surface area contributed by atoms with Gasteiger partial charge in [-0.05, 0) is 28.1 Å². The Morgan fingerprint density at radius 2 is 1.91 bits per heavy atom. The Labute approximate surface area is 139 Å². The van der Waals surface area contributed by atoms with Gasteiger partial charge in [-0.25, -0.2) is 14.4 Å². The van der Waals surface area contributed by atoms with E-state index in [0.29, 0.717) is 4.47 Å². The molecule has 0 radical (unpaired) electrons. The Morgan fingerprint density at radius 3 is 2.41 bits per heavy atom. The molecule has 9 heteroatoms. The van der Waals surface area contributed by atoms with Gasteiger partial charge >= 0.3 is 17.9 Å². The maximum atomic E-state index is 11.7. The number of rotatable bonds is 5. The SMILES string of the molecule is COC(=O)/C=C(/Nc1c(Br)ccc(Cl)c1C(=O)O)C(=O)OC. The van der Waals surface area contributed by atoms with Crippen LogP contribution in [0.5, 0.6) is 0 Å². The Hall–Kier alpha value is -2.06. The van der Waals surface area contributed by atoms with E-state index in [1.807, 2.05) is 0 Å². The molecule has 118 valence electrons. The maximum Gasteiger partial charge on any atom is 0.354 e. The first-order valence-corrected chi connectivity index (χ1v) is 6.85. The minimum absolute atomic E-state index is 0.000512. The van der Waals surface area contributed by atoms with Crippen molar-refractivity contribution in [2.24, 2.45) is 0 Å². The zero-order chi connectivity index (χ0) is 16.9. The molecule has 2 N–H and O–H groups in total. The van der Waals surface area contributed by atoms with Crippen LogP contribution >= 0.6 is 27.5 Å². The van der Waals surface area contributed by atoms with Crippen LogP contribution in [0.15, 0.2) is 28.4 Å². The molecule has 1 aromatic rings. The normalized spacial score (nSPS) is 10.8. The second-order valence-corrected chi connectivity index (χ2v) is 5.04. The summed E-state index contributed by atoms with van der Waals surface area (Å²) in [4.78, 5) is 34.3. The number of carboxylic acids is 1. The maximum absolute atomic E-state index is 11.7. The molecule has 0 unspecified atom stereocenters. The summed E-state index contributed by atoms with van der Waals surface area (Å²) in [7, 11) is 2.24. The Morgan fingerprint density at radius 1 is 1.27 bits per heavy atom. The van der Waals surface area contributed by atoms with Crippen molar-refractivity contribution >= 4 is 51.1 Å². The van der Waals surface area contributed by atoms with Crippen molar-refractivity contribution in [3.05, 3.63) is 39.0 Å². The zero-order valence-corrected chi connectivity index (χ0v) is 13.8. The van der Waals surface area contributed by atoms with Gasteiger partial charge in [-0.2, -0.15) is 0 Å². The topological polar surface area (TPSA) is 102 Å². The molecule has 0 bridgehead atoms. The molecule has 0 aromatic heterocycles. The predicted octanol–water partition coefficient (Wildman–Crippen LogP) is 2.44. The summed E-state index contributed by atoms with van der Waals surface area (Å²) in [6.07, 6.45) is 0.838. The first-order valence-electron chi connectivity index (χ1n) is 5.68. The lowest BCUT2D eigenvalue weighted by Crippen LogP contribution is -2.17. The van der Waals surface area contributed by atoms with Crippen LogP contribution in [0, 0.1) is 0 Å². The van der Waals surface area contributed by atoms with Crippen LogP contribution in [-0.2, 0) is 19.1 Å². The highest BCUT2D eigenvalue weighted by Gasteiger charge is 2.21. The predicted molar refractivity (Wildman–Crippen MR) is 81.8 cm³/mol. The molecule has 0 amide bonds. The molecule has 0 atom stereocenters. The number of methoxy groups -OCH3 is 2. The van der Waals surface area contributed by atoms with Gasteiger partial charge in [0.1, 0.15) is 11.3 Å². The average Bonchev–Trinajstić information content (AvgIpc) is 2.48. The monoisotopic (exact) mass is 391 g/mol. The van der Waals surface area contributed by atoms with Crippen molar-refractivity contribution in [1.29, 1.82) is 0 Å². The highest BCUT2D eigenvalue weighted by Crippen LogP contribution is 2.33. The van der Waals surface area contributed by atoms with Crippen LogP contribution in [0.1, 0.15) is 10.4 Å². The summed E-state index contributed by atoms with van der Waals surface area (Å²) in [6.45, 7) is 0. The molecule has 0 aliphatic heterocycles. The smallest absolute Gasteiger partial charge is 0.354 e. The lowest BCUT2D eigenvalue weighted by molar-refractivity contribution is -0.138. The number of anilines is 1. The third-order valence-corrected chi connectivity index (χ3v) is 3.42. The molecular weight excluding hydrogens is 382 g/mol. The van der Waals surface area contributed by atoms with Gasteiger partial charge in [0, 0.05) is 4.47 Å². The molecule has 7 nitrogen and oxygen atoms in total. The highest BCUT2D eigenvalue weighted by atomic mass is 79.9. The van der Waals surface area contributed by atoms with Crippen molar-refractivity contribution < 1.29 is 29.0 Å². The first-order chi connectivity index (χ1) is 10.3. The van der Waals surface area contributed by atoms with Gasteiger partial charge in [-0.3, -0.25) is 0 Å². The molecular formula is C13H11BrClNO6. The number of ether oxygens (including phenoxy) is 2. The van der Waals surface area contributed by atoms with Crippen LogP contribution in [-0.4, -0.2) is 37.2 Å². The Bertz CT molecular complexity index is 658. The number of aromatic carboxylic acids is 1. The fraction of sp³-hybridized carbons (Fsp3) is 0.154.